The maximum absolute atomic E-state index is 12.2. The van der Waals surface area contributed by atoms with Crippen LogP contribution in [0.1, 0.15) is 34.3 Å². The molecule has 1 fully saturated rings. The predicted molar refractivity (Wildman–Crippen MR) is 102 cm³/mol. The lowest BCUT2D eigenvalue weighted by atomic mass is 9.85. The van der Waals surface area contributed by atoms with E-state index in [0.717, 1.165) is 18.7 Å². The van der Waals surface area contributed by atoms with Gasteiger partial charge in [-0.1, -0.05) is 29.8 Å². The number of carbonyl (C=O) groups excluding carboxylic acids is 1. The van der Waals surface area contributed by atoms with Gasteiger partial charge in [-0.3, -0.25) is 4.79 Å². The molecule has 26 heavy (non-hydrogen) atoms. The molecule has 0 radical (unpaired) electrons. The van der Waals surface area contributed by atoms with Crippen molar-refractivity contribution in [3.63, 3.8) is 0 Å². The van der Waals surface area contributed by atoms with Crippen molar-refractivity contribution < 1.29 is 15.0 Å². The first-order chi connectivity index (χ1) is 12.4. The van der Waals surface area contributed by atoms with Gasteiger partial charge in [-0.15, -0.1) is 0 Å². The van der Waals surface area contributed by atoms with Crippen LogP contribution in [-0.4, -0.2) is 39.6 Å². The van der Waals surface area contributed by atoms with Crippen molar-refractivity contribution in [1.29, 1.82) is 0 Å². The maximum Gasteiger partial charge on any atom is 0.187 e. The third-order valence-corrected chi connectivity index (χ3v) is 4.97. The lowest BCUT2D eigenvalue weighted by Gasteiger charge is -2.38. The molecule has 0 aliphatic carbocycles. The Morgan fingerprint density at radius 3 is 2.31 bits per heavy atom. The van der Waals surface area contributed by atoms with E-state index in [9.17, 15) is 15.0 Å². The lowest BCUT2D eigenvalue weighted by molar-refractivity contribution is -0.0108. The van der Waals surface area contributed by atoms with Crippen LogP contribution in [0.25, 0.3) is 0 Å². The Kier molecular flexibility index (Phi) is 5.43. The Bertz CT molecular complexity index is 770. The first-order valence-corrected chi connectivity index (χ1v) is 8.97. The number of aromatic hydroxyl groups is 1. The van der Waals surface area contributed by atoms with E-state index in [1.165, 1.54) is 17.7 Å². The second-order valence-corrected chi connectivity index (χ2v) is 7.15. The van der Waals surface area contributed by atoms with Gasteiger partial charge in [0.1, 0.15) is 5.75 Å². The van der Waals surface area contributed by atoms with Gasteiger partial charge in [-0.05, 0) is 49.6 Å². The standard InChI is InChI=1S/C22H25NO3/c1-17-2-4-18(5-3-17)16-22(26)11-14-23(15-12-22)13-10-21(25)19-6-8-20(24)9-7-19/h2-10,13,24,26H,11-12,14-16H2,1H3/b13-10+. The van der Waals surface area contributed by atoms with E-state index < -0.39 is 5.60 Å². The first-order valence-electron chi connectivity index (χ1n) is 8.97. The molecule has 136 valence electrons. The zero-order valence-corrected chi connectivity index (χ0v) is 15.1. The van der Waals surface area contributed by atoms with E-state index in [1.807, 2.05) is 0 Å². The van der Waals surface area contributed by atoms with E-state index >= 15 is 0 Å². The number of phenols is 1. The number of piperidine rings is 1. The summed E-state index contributed by atoms with van der Waals surface area (Å²) >= 11 is 0. The molecular formula is C22H25NO3. The number of hydrogen-bond acceptors (Lipinski definition) is 4. The van der Waals surface area contributed by atoms with Gasteiger partial charge >= 0.3 is 0 Å². The van der Waals surface area contributed by atoms with Crippen molar-refractivity contribution in [3.8, 4) is 5.75 Å². The second-order valence-electron chi connectivity index (χ2n) is 7.15. The third kappa shape index (κ3) is 4.73. The number of rotatable bonds is 5. The number of phenolic OH excluding ortho intramolecular Hbond substituents is 1. The number of ketones is 1. The van der Waals surface area contributed by atoms with Crippen LogP contribution in [0.5, 0.6) is 5.75 Å². The summed E-state index contributed by atoms with van der Waals surface area (Å²) in [6.07, 6.45) is 5.38. The highest BCUT2D eigenvalue weighted by molar-refractivity contribution is 6.04. The largest absolute Gasteiger partial charge is 0.508 e. The monoisotopic (exact) mass is 351 g/mol. The van der Waals surface area contributed by atoms with Crippen molar-refractivity contribution in [1.82, 2.24) is 4.90 Å². The summed E-state index contributed by atoms with van der Waals surface area (Å²) in [5, 5.41) is 20.1. The number of hydrogen-bond donors (Lipinski definition) is 2. The summed E-state index contributed by atoms with van der Waals surface area (Å²) in [5.74, 6) is 0.0555. The van der Waals surface area contributed by atoms with E-state index in [0.29, 0.717) is 24.8 Å². The molecule has 1 saturated heterocycles. The Hall–Kier alpha value is -2.59. The minimum Gasteiger partial charge on any atom is -0.508 e. The van der Waals surface area contributed by atoms with Crippen molar-refractivity contribution in [3.05, 3.63) is 77.5 Å². The highest BCUT2D eigenvalue weighted by Crippen LogP contribution is 2.26. The Balaban J connectivity index is 1.53. The van der Waals surface area contributed by atoms with Crippen LogP contribution in [0.15, 0.2) is 60.8 Å². The molecule has 1 aliphatic heterocycles. The van der Waals surface area contributed by atoms with Crippen LogP contribution in [0.4, 0.5) is 0 Å². The fourth-order valence-electron chi connectivity index (χ4n) is 3.25. The summed E-state index contributed by atoms with van der Waals surface area (Å²) in [6, 6.07) is 14.5. The van der Waals surface area contributed by atoms with Crippen LogP contribution in [0.3, 0.4) is 0 Å². The zero-order valence-electron chi connectivity index (χ0n) is 15.1. The number of allylic oxidation sites excluding steroid dienone is 1. The number of aryl methyl sites for hydroxylation is 1. The fraction of sp³-hybridized carbons (Fsp3) is 0.318. The molecule has 0 aromatic heterocycles. The number of benzene rings is 2. The van der Waals surface area contributed by atoms with E-state index in [1.54, 1.807) is 24.4 Å². The van der Waals surface area contributed by atoms with Gasteiger partial charge in [-0.25, -0.2) is 0 Å². The molecule has 2 aromatic rings. The Morgan fingerprint density at radius 2 is 1.69 bits per heavy atom. The highest BCUT2D eigenvalue weighted by Gasteiger charge is 2.31. The SMILES string of the molecule is Cc1ccc(CC2(O)CCN(/C=C/C(=O)c3ccc(O)cc3)CC2)cc1. The van der Waals surface area contributed by atoms with Crippen molar-refractivity contribution in [2.24, 2.45) is 0 Å². The quantitative estimate of drug-likeness (QED) is 0.640. The minimum absolute atomic E-state index is 0.0921. The fourth-order valence-corrected chi connectivity index (χ4v) is 3.25. The summed E-state index contributed by atoms with van der Waals surface area (Å²) in [7, 11) is 0. The molecule has 0 spiro atoms. The maximum atomic E-state index is 12.2. The van der Waals surface area contributed by atoms with Gasteiger partial charge in [0.15, 0.2) is 5.78 Å². The number of carbonyl (C=O) groups is 1. The van der Waals surface area contributed by atoms with E-state index in [-0.39, 0.29) is 11.5 Å². The molecule has 2 N–H and O–H groups in total. The van der Waals surface area contributed by atoms with Gasteiger partial charge in [0.2, 0.25) is 0 Å². The first kappa shape index (κ1) is 18.2. The van der Waals surface area contributed by atoms with Crippen LogP contribution in [-0.2, 0) is 6.42 Å². The Labute approximate surface area is 154 Å². The van der Waals surface area contributed by atoms with Gasteiger partial charge in [-0.2, -0.15) is 0 Å². The molecule has 1 heterocycles. The molecule has 0 unspecified atom stereocenters. The highest BCUT2D eigenvalue weighted by atomic mass is 16.3. The molecule has 0 bridgehead atoms. The molecule has 4 heteroatoms. The van der Waals surface area contributed by atoms with Crippen molar-refractivity contribution >= 4 is 5.78 Å². The van der Waals surface area contributed by atoms with E-state index in [2.05, 4.69) is 36.1 Å². The van der Waals surface area contributed by atoms with Crippen LogP contribution in [0.2, 0.25) is 0 Å². The summed E-state index contributed by atoms with van der Waals surface area (Å²) in [5.41, 5.74) is 2.25. The molecule has 0 atom stereocenters. The normalized spacial score (nSPS) is 16.8. The number of nitrogens with zero attached hydrogens (tertiary/aromatic N) is 1. The molecule has 0 amide bonds. The number of likely N-dealkylation sites (tertiary alicyclic amines) is 1. The molecule has 1 aliphatic rings. The minimum atomic E-state index is -0.680. The second kappa shape index (κ2) is 7.75. The van der Waals surface area contributed by atoms with Gasteiger partial charge in [0.05, 0.1) is 5.60 Å². The summed E-state index contributed by atoms with van der Waals surface area (Å²) in [4.78, 5) is 14.2. The molecular weight excluding hydrogens is 326 g/mol. The molecule has 3 rings (SSSR count). The predicted octanol–water partition coefficient (Wildman–Crippen LogP) is 3.47. The average Bonchev–Trinajstić information content (AvgIpc) is 2.63. The smallest absolute Gasteiger partial charge is 0.187 e. The number of aliphatic hydroxyl groups is 1. The van der Waals surface area contributed by atoms with Gasteiger partial charge in [0.25, 0.3) is 0 Å². The summed E-state index contributed by atoms with van der Waals surface area (Å²) in [6.45, 7) is 3.51. The average molecular weight is 351 g/mol. The van der Waals surface area contributed by atoms with Crippen LogP contribution in [0, 0.1) is 6.92 Å². The van der Waals surface area contributed by atoms with Gasteiger partial charge < -0.3 is 15.1 Å². The van der Waals surface area contributed by atoms with Crippen molar-refractivity contribution in [2.75, 3.05) is 13.1 Å². The van der Waals surface area contributed by atoms with Crippen molar-refractivity contribution in [2.45, 2.75) is 31.8 Å². The summed E-state index contributed by atoms with van der Waals surface area (Å²) < 4.78 is 0. The Morgan fingerprint density at radius 1 is 1.08 bits per heavy atom. The topological polar surface area (TPSA) is 60.8 Å². The van der Waals surface area contributed by atoms with E-state index in [4.69, 9.17) is 0 Å². The lowest BCUT2D eigenvalue weighted by Crippen LogP contribution is -2.43. The van der Waals surface area contributed by atoms with Crippen LogP contribution < -0.4 is 0 Å². The zero-order chi connectivity index (χ0) is 18.6. The molecule has 2 aromatic carbocycles. The third-order valence-electron chi connectivity index (χ3n) is 4.97. The van der Waals surface area contributed by atoms with Gasteiger partial charge in [0, 0.05) is 37.3 Å². The molecule has 4 nitrogen and oxygen atoms in total. The molecule has 0 saturated carbocycles. The van der Waals surface area contributed by atoms with Crippen LogP contribution >= 0.6 is 0 Å².